The summed E-state index contributed by atoms with van der Waals surface area (Å²) in [4.78, 5) is 17.1. The fraction of sp³-hybridized carbons (Fsp3) is 0.176. The predicted octanol–water partition coefficient (Wildman–Crippen LogP) is 3.51. The smallest absolute Gasteiger partial charge is 0.263 e. The van der Waals surface area contributed by atoms with Crippen LogP contribution in [-0.2, 0) is 5.60 Å². The number of carbonyl (C=O) groups excluding carboxylic acids is 1. The van der Waals surface area contributed by atoms with Gasteiger partial charge in [-0.05, 0) is 23.9 Å². The Morgan fingerprint density at radius 3 is 2.78 bits per heavy atom. The summed E-state index contributed by atoms with van der Waals surface area (Å²) in [6.07, 6.45) is 1.57. The average Bonchev–Trinajstić information content (AvgIpc) is 3.24. The Balaban J connectivity index is 1.66. The lowest BCUT2D eigenvalue weighted by Gasteiger charge is -2.24. The van der Waals surface area contributed by atoms with Gasteiger partial charge in [0.15, 0.2) is 0 Å². The van der Waals surface area contributed by atoms with Crippen LogP contribution in [0.5, 0.6) is 0 Å². The van der Waals surface area contributed by atoms with Gasteiger partial charge in [-0.25, -0.2) is 4.98 Å². The molecule has 2 heterocycles. The molecule has 23 heavy (non-hydrogen) atoms. The van der Waals surface area contributed by atoms with Crippen LogP contribution in [-0.4, -0.2) is 22.5 Å². The van der Waals surface area contributed by atoms with Gasteiger partial charge in [0.1, 0.15) is 15.5 Å². The lowest BCUT2D eigenvalue weighted by atomic mass is 9.96. The zero-order valence-corrected chi connectivity index (χ0v) is 14.2. The zero-order valence-electron chi connectivity index (χ0n) is 12.5. The quantitative estimate of drug-likeness (QED) is 0.744. The van der Waals surface area contributed by atoms with Crippen LogP contribution in [0.3, 0.4) is 0 Å². The van der Waals surface area contributed by atoms with Crippen molar-refractivity contribution in [1.29, 1.82) is 0 Å². The molecule has 0 fully saturated rings. The third kappa shape index (κ3) is 3.67. The number of rotatable bonds is 5. The molecule has 0 saturated carbocycles. The number of nitrogens with zero attached hydrogens (tertiary/aromatic N) is 1. The van der Waals surface area contributed by atoms with E-state index in [9.17, 15) is 9.90 Å². The number of amides is 1. The first kappa shape index (κ1) is 15.9. The van der Waals surface area contributed by atoms with E-state index in [1.807, 2.05) is 47.2 Å². The van der Waals surface area contributed by atoms with Crippen LogP contribution >= 0.6 is 22.7 Å². The Hall–Kier alpha value is -2.02. The highest BCUT2D eigenvalue weighted by molar-refractivity contribution is 7.17. The molecule has 2 N–H and O–H groups in total. The van der Waals surface area contributed by atoms with Crippen molar-refractivity contribution in [1.82, 2.24) is 10.3 Å². The highest BCUT2D eigenvalue weighted by atomic mass is 32.1. The van der Waals surface area contributed by atoms with Gasteiger partial charge in [0.25, 0.3) is 5.91 Å². The summed E-state index contributed by atoms with van der Waals surface area (Å²) in [6.45, 7) is 1.83. The molecule has 1 amide bonds. The molecule has 3 aromatic rings. The van der Waals surface area contributed by atoms with E-state index in [-0.39, 0.29) is 12.5 Å². The third-order valence-electron chi connectivity index (χ3n) is 3.49. The van der Waals surface area contributed by atoms with E-state index in [4.69, 9.17) is 0 Å². The number of thiazole rings is 1. The number of thiophene rings is 1. The minimum atomic E-state index is -1.11. The van der Waals surface area contributed by atoms with Crippen LogP contribution in [0.2, 0.25) is 0 Å². The normalized spacial score (nSPS) is 13.5. The molecular weight excluding hydrogens is 328 g/mol. The standard InChI is InChI=1S/C17H16N2O2S2/c1-17(21,13-5-3-2-4-6-13)11-19-15(20)14-9-18-16(23-14)12-7-8-22-10-12/h2-10,21H,11H2,1H3,(H,19,20). The topological polar surface area (TPSA) is 62.2 Å². The van der Waals surface area contributed by atoms with Gasteiger partial charge in [-0.15, -0.1) is 11.3 Å². The SMILES string of the molecule is CC(O)(CNC(=O)c1cnc(-c2ccsc2)s1)c1ccccc1. The van der Waals surface area contributed by atoms with Crippen LogP contribution in [0.4, 0.5) is 0 Å². The third-order valence-corrected chi connectivity index (χ3v) is 5.21. The molecular formula is C17H16N2O2S2. The number of nitrogens with one attached hydrogen (secondary N) is 1. The monoisotopic (exact) mass is 344 g/mol. The van der Waals surface area contributed by atoms with Crippen LogP contribution in [0.15, 0.2) is 53.4 Å². The van der Waals surface area contributed by atoms with Crippen molar-refractivity contribution in [3.63, 3.8) is 0 Å². The van der Waals surface area contributed by atoms with Crippen molar-refractivity contribution >= 4 is 28.6 Å². The van der Waals surface area contributed by atoms with Crippen molar-refractivity contribution in [3.05, 3.63) is 63.8 Å². The molecule has 0 aliphatic heterocycles. The number of hydrogen-bond donors (Lipinski definition) is 2. The largest absolute Gasteiger partial charge is 0.384 e. The lowest BCUT2D eigenvalue weighted by Crippen LogP contribution is -2.38. The Labute approximate surface area is 142 Å². The lowest BCUT2D eigenvalue weighted by molar-refractivity contribution is 0.0527. The van der Waals surface area contributed by atoms with Crippen molar-refractivity contribution in [3.8, 4) is 10.6 Å². The summed E-state index contributed by atoms with van der Waals surface area (Å²) < 4.78 is 0. The first-order chi connectivity index (χ1) is 11.1. The maximum Gasteiger partial charge on any atom is 0.263 e. The van der Waals surface area contributed by atoms with E-state index in [0.29, 0.717) is 4.88 Å². The second-order valence-corrected chi connectivity index (χ2v) is 7.17. The van der Waals surface area contributed by atoms with Gasteiger partial charge < -0.3 is 10.4 Å². The Kier molecular flexibility index (Phi) is 4.56. The Morgan fingerprint density at radius 2 is 2.09 bits per heavy atom. The first-order valence-corrected chi connectivity index (χ1v) is 8.87. The number of hydrogen-bond acceptors (Lipinski definition) is 5. The number of benzene rings is 1. The van der Waals surface area contributed by atoms with Gasteiger partial charge in [0, 0.05) is 10.9 Å². The van der Waals surface area contributed by atoms with Gasteiger partial charge >= 0.3 is 0 Å². The van der Waals surface area contributed by atoms with Crippen LogP contribution in [0, 0.1) is 0 Å². The molecule has 2 aromatic heterocycles. The first-order valence-electron chi connectivity index (χ1n) is 7.11. The molecule has 118 valence electrons. The summed E-state index contributed by atoms with van der Waals surface area (Å²) >= 11 is 2.94. The van der Waals surface area contributed by atoms with Gasteiger partial charge in [0.05, 0.1) is 12.7 Å². The maximum atomic E-state index is 12.3. The van der Waals surface area contributed by atoms with Gasteiger partial charge in [-0.1, -0.05) is 30.3 Å². The van der Waals surface area contributed by atoms with E-state index in [1.54, 1.807) is 24.5 Å². The Morgan fingerprint density at radius 1 is 1.30 bits per heavy atom. The minimum Gasteiger partial charge on any atom is -0.384 e. The molecule has 1 unspecified atom stereocenters. The van der Waals surface area contributed by atoms with Crippen LogP contribution in [0.25, 0.3) is 10.6 Å². The van der Waals surface area contributed by atoms with Crippen molar-refractivity contribution < 1.29 is 9.90 Å². The molecule has 3 rings (SSSR count). The molecule has 0 aliphatic rings. The highest BCUT2D eigenvalue weighted by Gasteiger charge is 2.24. The molecule has 0 bridgehead atoms. The molecule has 1 atom stereocenters. The fourth-order valence-electron chi connectivity index (χ4n) is 2.14. The summed E-state index contributed by atoms with van der Waals surface area (Å²) in [6, 6.07) is 11.3. The van der Waals surface area contributed by atoms with E-state index in [2.05, 4.69) is 10.3 Å². The van der Waals surface area contributed by atoms with Crippen LogP contribution < -0.4 is 5.32 Å². The van der Waals surface area contributed by atoms with E-state index in [0.717, 1.165) is 16.1 Å². The second-order valence-electron chi connectivity index (χ2n) is 5.36. The average molecular weight is 344 g/mol. The van der Waals surface area contributed by atoms with Crippen molar-refractivity contribution in [2.75, 3.05) is 6.54 Å². The second kappa shape index (κ2) is 6.62. The maximum absolute atomic E-state index is 12.3. The summed E-state index contributed by atoms with van der Waals surface area (Å²) in [5, 5.41) is 18.1. The van der Waals surface area contributed by atoms with E-state index < -0.39 is 5.60 Å². The van der Waals surface area contributed by atoms with Crippen molar-refractivity contribution in [2.24, 2.45) is 0 Å². The number of carbonyl (C=O) groups is 1. The van der Waals surface area contributed by atoms with Gasteiger partial charge in [-0.2, -0.15) is 11.3 Å². The Bertz CT molecular complexity index is 780. The molecule has 0 saturated heterocycles. The molecule has 0 radical (unpaired) electrons. The summed E-state index contributed by atoms with van der Waals surface area (Å²) in [5.74, 6) is -0.222. The zero-order chi connectivity index (χ0) is 16.3. The number of aliphatic hydroxyl groups is 1. The molecule has 0 spiro atoms. The number of aromatic nitrogens is 1. The molecule has 0 aliphatic carbocycles. The van der Waals surface area contributed by atoms with E-state index in [1.165, 1.54) is 11.3 Å². The van der Waals surface area contributed by atoms with Crippen LogP contribution in [0.1, 0.15) is 22.2 Å². The highest BCUT2D eigenvalue weighted by Crippen LogP contribution is 2.27. The molecule has 1 aromatic carbocycles. The predicted molar refractivity (Wildman–Crippen MR) is 93.8 cm³/mol. The van der Waals surface area contributed by atoms with Gasteiger partial charge in [0.2, 0.25) is 0 Å². The van der Waals surface area contributed by atoms with E-state index >= 15 is 0 Å². The van der Waals surface area contributed by atoms with Gasteiger partial charge in [-0.3, -0.25) is 4.79 Å². The minimum absolute atomic E-state index is 0.140. The summed E-state index contributed by atoms with van der Waals surface area (Å²) in [5.41, 5.74) is 0.677. The fourth-order valence-corrected chi connectivity index (χ4v) is 3.68. The van der Waals surface area contributed by atoms with Crippen molar-refractivity contribution in [2.45, 2.75) is 12.5 Å². The molecule has 4 nitrogen and oxygen atoms in total. The molecule has 6 heteroatoms. The summed E-state index contributed by atoms with van der Waals surface area (Å²) in [7, 11) is 0.